The van der Waals surface area contributed by atoms with Crippen LogP contribution in [0.25, 0.3) is 11.1 Å². The van der Waals surface area contributed by atoms with Gasteiger partial charge in [-0.1, -0.05) is 44.0 Å². The van der Waals surface area contributed by atoms with Crippen molar-refractivity contribution in [1.29, 1.82) is 0 Å². The molecule has 0 saturated carbocycles. The SMILES string of the molecule is COCCOCCOCCOCCOCCOCCOCCOCCOCCOCCOCCOc1cc(CC2(Cc3cc(OCCOCCOCCOCCOCCOCCOCCOCCOCCOCCOCCOC)cc(OCCOCCOCCOCCOCCOCCOCCOCCOCCOCCOCCOC)c3)c3cc(Br)ccc3-c3ccc(Br)cc32)cc(OCCOCCOC)c1. The van der Waals surface area contributed by atoms with Gasteiger partial charge >= 0.3 is 0 Å². The predicted octanol–water partition coefficient (Wildman–Crippen LogP) is 8.58. The first-order valence-corrected chi connectivity index (χ1v) is 51.2. The maximum atomic E-state index is 6.56. The topological polar surface area (TPSA) is 360 Å². The summed E-state index contributed by atoms with van der Waals surface area (Å²) in [5.74, 6) is 2.48. The smallest absolute Gasteiger partial charge is 0.123 e. The van der Waals surface area contributed by atoms with Crippen molar-refractivity contribution in [1.82, 2.24) is 0 Å². The number of fused-ring (bicyclic) bond motifs is 3. The first kappa shape index (κ1) is 128. The third kappa shape index (κ3) is 72.1. The third-order valence-electron chi connectivity index (χ3n) is 19.9. The van der Waals surface area contributed by atoms with Crippen LogP contribution in [-0.2, 0) is 184 Å². The van der Waals surface area contributed by atoms with Gasteiger partial charge < -0.3 is 185 Å². The van der Waals surface area contributed by atoms with Crippen LogP contribution >= 0.6 is 31.9 Å². The van der Waals surface area contributed by atoms with Crippen LogP contribution < -0.4 is 18.9 Å². The second-order valence-electron chi connectivity index (χ2n) is 30.8. The molecule has 0 heterocycles. The molecule has 0 saturated heterocycles. The molecule has 4 aromatic carbocycles. The third-order valence-corrected chi connectivity index (χ3v) is 20.9. The summed E-state index contributed by atoms with van der Waals surface area (Å²) >= 11 is 7.79. The van der Waals surface area contributed by atoms with E-state index >= 15 is 0 Å². The Morgan fingerprint density at radius 1 is 0.155 bits per heavy atom. The molecule has 0 spiro atoms. The highest BCUT2D eigenvalue weighted by atomic mass is 79.9. The van der Waals surface area contributed by atoms with Crippen LogP contribution in [0, 0.1) is 0 Å². The summed E-state index contributed by atoms with van der Waals surface area (Å²) < 4.78 is 223. The van der Waals surface area contributed by atoms with Gasteiger partial charge in [0.15, 0.2) is 0 Å². The zero-order valence-electron chi connectivity index (χ0n) is 85.0. The van der Waals surface area contributed by atoms with E-state index in [1.54, 1.807) is 28.4 Å². The Morgan fingerprint density at radius 3 is 0.415 bits per heavy atom. The minimum Gasteiger partial charge on any atom is -0.491 e. The quantitative estimate of drug-likeness (QED) is 0.0373. The van der Waals surface area contributed by atoms with Crippen molar-refractivity contribution in [2.45, 2.75) is 18.3 Å². The molecule has 41 heteroatoms. The van der Waals surface area contributed by atoms with Crippen molar-refractivity contribution >= 4 is 31.9 Å². The van der Waals surface area contributed by atoms with Crippen molar-refractivity contribution < 1.29 is 185 Å². The van der Waals surface area contributed by atoms with E-state index in [-0.39, 0.29) is 19.8 Å². The van der Waals surface area contributed by atoms with Gasteiger partial charge in [-0.15, -0.1) is 0 Å². The van der Waals surface area contributed by atoms with Gasteiger partial charge in [-0.05, 0) is 94.8 Å². The maximum absolute atomic E-state index is 6.56. The summed E-state index contributed by atoms with van der Waals surface area (Å²) in [7, 11) is 6.57. The summed E-state index contributed by atoms with van der Waals surface area (Å²) in [6.07, 6.45) is 1.05. The van der Waals surface area contributed by atoms with Crippen molar-refractivity contribution in [2.75, 3.05) is 491 Å². The summed E-state index contributed by atoms with van der Waals surface area (Å²) in [5.41, 5.74) is 5.80. The Kier molecular flexibility index (Phi) is 87.9. The van der Waals surface area contributed by atoms with Crippen molar-refractivity contribution in [2.24, 2.45) is 0 Å². The van der Waals surface area contributed by atoms with Gasteiger partial charge in [-0.3, -0.25) is 0 Å². The molecule has 0 aliphatic heterocycles. The lowest BCUT2D eigenvalue weighted by Gasteiger charge is -2.33. The van der Waals surface area contributed by atoms with E-state index in [2.05, 4.69) is 92.5 Å². The zero-order valence-corrected chi connectivity index (χ0v) is 88.2. The molecule has 0 unspecified atom stereocenters. The molecule has 1 aliphatic rings. The number of benzene rings is 4. The molecule has 0 aromatic heterocycles. The number of hydrogen-bond acceptors (Lipinski definition) is 39. The van der Waals surface area contributed by atoms with Gasteiger partial charge in [0.05, 0.1) is 436 Å². The Balaban J connectivity index is 1.05. The second-order valence-corrected chi connectivity index (χ2v) is 32.6. The fourth-order valence-electron chi connectivity index (χ4n) is 13.2. The fourth-order valence-corrected chi connectivity index (χ4v) is 13.9. The first-order valence-electron chi connectivity index (χ1n) is 49.6. The van der Waals surface area contributed by atoms with Crippen LogP contribution in [0.5, 0.6) is 23.0 Å². The van der Waals surface area contributed by atoms with Gasteiger partial charge in [0.1, 0.15) is 49.4 Å². The summed E-state index contributed by atoms with van der Waals surface area (Å²) in [5, 5.41) is 0. The van der Waals surface area contributed by atoms with Crippen molar-refractivity contribution in [3.63, 3.8) is 0 Å². The van der Waals surface area contributed by atoms with E-state index in [1.807, 2.05) is 12.1 Å². The van der Waals surface area contributed by atoms with Crippen LogP contribution in [0.15, 0.2) is 81.7 Å². The van der Waals surface area contributed by atoms with E-state index in [4.69, 9.17) is 185 Å². The lowest BCUT2D eigenvalue weighted by Crippen LogP contribution is -2.31. The Morgan fingerprint density at radius 2 is 0.282 bits per heavy atom. The van der Waals surface area contributed by atoms with Gasteiger partial charge in [0.2, 0.25) is 0 Å². The monoisotopic (exact) mass is 2160 g/mol. The lowest BCUT2D eigenvalue weighted by molar-refractivity contribution is -0.0273. The highest BCUT2D eigenvalue weighted by Gasteiger charge is 2.44. The molecule has 1 aliphatic carbocycles. The minimum atomic E-state index is -0.680. The summed E-state index contributed by atoms with van der Waals surface area (Å²) in [6, 6.07) is 25.2. The molecule has 4 aromatic rings. The van der Waals surface area contributed by atoms with Crippen LogP contribution in [0.4, 0.5) is 0 Å². The summed E-state index contributed by atoms with van der Waals surface area (Å²) in [6.45, 7) is 31.4. The molecule has 0 amide bonds. The van der Waals surface area contributed by atoms with Crippen LogP contribution in [0.3, 0.4) is 0 Å². The van der Waals surface area contributed by atoms with E-state index < -0.39 is 5.41 Å². The lowest BCUT2D eigenvalue weighted by atomic mass is 9.69. The molecule has 0 bridgehead atoms. The van der Waals surface area contributed by atoms with E-state index in [0.29, 0.717) is 479 Å². The molecule has 820 valence electrons. The molecule has 39 nitrogen and oxygen atoms in total. The van der Waals surface area contributed by atoms with E-state index in [9.17, 15) is 0 Å². The average molecular weight is 2170 g/mol. The number of hydrogen-bond donors (Lipinski definition) is 0. The fraction of sp³-hybridized carbons (Fsp3) is 0.762. The van der Waals surface area contributed by atoms with Gasteiger partial charge in [0.25, 0.3) is 0 Å². The maximum Gasteiger partial charge on any atom is 0.123 e. The number of methoxy groups -OCH3 is 4. The first-order chi connectivity index (χ1) is 70.4. The second kappa shape index (κ2) is 97.4. The number of rotatable bonds is 113. The largest absolute Gasteiger partial charge is 0.491 e. The normalized spacial score (nSPS) is 12.3. The van der Waals surface area contributed by atoms with E-state index in [0.717, 1.165) is 42.3 Å². The average Bonchev–Trinajstić information content (AvgIpc) is 1.56. The molecular weight excluding hydrogens is 2000 g/mol. The molecular formula is C101H168Br2O39. The van der Waals surface area contributed by atoms with Crippen LogP contribution in [0.1, 0.15) is 22.3 Å². The Labute approximate surface area is 859 Å². The van der Waals surface area contributed by atoms with Gasteiger partial charge in [-0.2, -0.15) is 0 Å². The minimum absolute atomic E-state index is 0.261. The van der Waals surface area contributed by atoms with Crippen LogP contribution in [0.2, 0.25) is 0 Å². The Hall–Kier alpha value is -4.36. The van der Waals surface area contributed by atoms with E-state index in [1.165, 1.54) is 0 Å². The molecule has 142 heavy (non-hydrogen) atoms. The Bertz CT molecular complexity index is 3270. The molecule has 0 atom stereocenters. The molecule has 5 rings (SSSR count). The van der Waals surface area contributed by atoms with Crippen molar-refractivity contribution in [3.05, 3.63) is 104 Å². The zero-order chi connectivity index (χ0) is 100. The number of ether oxygens (including phenoxy) is 39. The molecule has 0 N–H and O–H groups in total. The summed E-state index contributed by atoms with van der Waals surface area (Å²) in [4.78, 5) is 0. The molecule has 0 fully saturated rings. The van der Waals surface area contributed by atoms with Gasteiger partial charge in [-0.25, -0.2) is 0 Å². The molecule has 0 radical (unpaired) electrons. The van der Waals surface area contributed by atoms with Gasteiger partial charge in [0, 0.05) is 54.9 Å². The highest BCUT2D eigenvalue weighted by Crippen LogP contribution is 2.54. The number of halogens is 2. The standard InChI is InChI=1S/C101H168Br2O39/c1-104-9-13-108-17-20-112-23-26-115-29-32-118-35-38-121-41-44-124-47-50-127-53-56-130-59-62-133-65-68-136-72-76-140-94-80-89(79-93(85-94)139-75-71-111-16-12-107-4)87-101(99-83-91(102)5-7-97(99)98-8-6-92(103)84-100(98)101)88-90-81-95(141-77-73-137-69-66-134-63-60-131-57-54-128-51-48-125-45-42-122-39-36-119-33-30-116-27-24-113-21-18-109-14-10-105-2)86-96(82-90)142-78-74-138-70-67-135-64-61-132-58-55-129-52-49-126-46-43-123-40-37-120-34-31-117-28-25-114-22-19-110-15-11-106-3/h5-8,79-86H,9-78,87-88H2,1-4H3. The predicted molar refractivity (Wildman–Crippen MR) is 533 cm³/mol. The highest BCUT2D eigenvalue weighted by molar-refractivity contribution is 9.10. The van der Waals surface area contributed by atoms with Crippen molar-refractivity contribution in [3.8, 4) is 34.1 Å². The van der Waals surface area contributed by atoms with Crippen LogP contribution in [-0.4, -0.2) is 491 Å².